The monoisotopic (exact) mass is 217 g/mol. The summed E-state index contributed by atoms with van der Waals surface area (Å²) in [6.07, 6.45) is 0.178. The molecular formula is C11H23NO3. The summed E-state index contributed by atoms with van der Waals surface area (Å²) < 4.78 is 4.93. The largest absolute Gasteiger partial charge is 0.391 e. The summed E-state index contributed by atoms with van der Waals surface area (Å²) in [4.78, 5) is 11.1. The lowest BCUT2D eigenvalue weighted by Gasteiger charge is -2.22. The number of aliphatic hydroxyl groups excluding tert-OH is 1. The van der Waals surface area contributed by atoms with Crippen LogP contribution in [0.5, 0.6) is 0 Å². The minimum Gasteiger partial charge on any atom is -0.391 e. The van der Waals surface area contributed by atoms with Crippen LogP contribution in [0, 0.1) is 5.41 Å². The van der Waals surface area contributed by atoms with Crippen molar-refractivity contribution in [1.82, 2.24) is 5.32 Å². The zero-order chi connectivity index (χ0) is 11.9. The maximum Gasteiger partial charge on any atom is 0.246 e. The Morgan fingerprint density at radius 1 is 1.47 bits per heavy atom. The van der Waals surface area contributed by atoms with Gasteiger partial charge in [0.05, 0.1) is 6.10 Å². The van der Waals surface area contributed by atoms with Crippen LogP contribution in [-0.4, -0.2) is 36.9 Å². The van der Waals surface area contributed by atoms with Crippen molar-refractivity contribution in [2.75, 3.05) is 19.8 Å². The predicted octanol–water partition coefficient (Wildman–Crippen LogP) is 0.936. The Balaban J connectivity index is 3.62. The Morgan fingerprint density at radius 3 is 2.53 bits per heavy atom. The normalized spacial score (nSPS) is 13.7. The lowest BCUT2D eigenvalue weighted by atomic mass is 9.89. The minimum atomic E-state index is -0.490. The molecule has 0 rings (SSSR count). The first-order valence-corrected chi connectivity index (χ1v) is 5.37. The van der Waals surface area contributed by atoms with Gasteiger partial charge in [-0.3, -0.25) is 4.79 Å². The molecule has 0 aliphatic carbocycles. The van der Waals surface area contributed by atoms with Gasteiger partial charge in [-0.2, -0.15) is 0 Å². The predicted molar refractivity (Wildman–Crippen MR) is 59.6 cm³/mol. The molecule has 0 saturated heterocycles. The Kier molecular flexibility index (Phi) is 6.52. The van der Waals surface area contributed by atoms with E-state index in [-0.39, 0.29) is 17.9 Å². The van der Waals surface area contributed by atoms with E-state index in [1.54, 1.807) is 0 Å². The molecule has 0 radical (unpaired) electrons. The Labute approximate surface area is 92.0 Å². The number of ether oxygens (including phenoxy) is 1. The third-order valence-corrected chi connectivity index (χ3v) is 1.82. The lowest BCUT2D eigenvalue weighted by Crippen LogP contribution is -2.36. The highest BCUT2D eigenvalue weighted by atomic mass is 16.5. The van der Waals surface area contributed by atoms with Gasteiger partial charge >= 0.3 is 0 Å². The van der Waals surface area contributed by atoms with E-state index in [2.05, 4.69) is 26.1 Å². The summed E-state index contributed by atoms with van der Waals surface area (Å²) >= 11 is 0. The van der Waals surface area contributed by atoms with Crippen LogP contribution in [0.1, 0.15) is 34.1 Å². The maximum absolute atomic E-state index is 11.1. The second kappa shape index (κ2) is 6.80. The van der Waals surface area contributed by atoms with Gasteiger partial charge in [-0.1, -0.05) is 20.8 Å². The van der Waals surface area contributed by atoms with E-state index in [1.807, 2.05) is 6.92 Å². The number of aliphatic hydroxyl groups is 1. The summed E-state index contributed by atoms with van der Waals surface area (Å²) in [6.45, 7) is 8.89. The second-order valence-electron chi connectivity index (χ2n) is 4.86. The van der Waals surface area contributed by atoms with Gasteiger partial charge in [-0.05, 0) is 18.8 Å². The molecule has 1 atom stereocenters. The highest BCUT2D eigenvalue weighted by molar-refractivity contribution is 5.77. The SMILES string of the molecule is CCOCC(=O)NCC(O)CC(C)(C)C. The summed E-state index contributed by atoms with van der Waals surface area (Å²) in [5, 5.41) is 12.2. The summed E-state index contributed by atoms with van der Waals surface area (Å²) in [6, 6.07) is 0. The number of rotatable bonds is 6. The van der Waals surface area contributed by atoms with Crippen molar-refractivity contribution >= 4 is 5.91 Å². The van der Waals surface area contributed by atoms with Crippen LogP contribution in [-0.2, 0) is 9.53 Å². The van der Waals surface area contributed by atoms with Crippen LogP contribution >= 0.6 is 0 Å². The molecule has 90 valence electrons. The molecule has 1 unspecified atom stereocenters. The van der Waals surface area contributed by atoms with Crippen molar-refractivity contribution in [1.29, 1.82) is 0 Å². The standard InChI is InChI=1S/C11H23NO3/c1-5-15-8-10(14)12-7-9(13)6-11(2,3)4/h9,13H,5-8H2,1-4H3,(H,12,14). The molecule has 4 heteroatoms. The van der Waals surface area contributed by atoms with Crippen LogP contribution in [0.15, 0.2) is 0 Å². The van der Waals surface area contributed by atoms with E-state index in [4.69, 9.17) is 4.74 Å². The molecule has 0 fully saturated rings. The van der Waals surface area contributed by atoms with Crippen molar-refractivity contribution < 1.29 is 14.6 Å². The maximum atomic E-state index is 11.1. The molecule has 2 N–H and O–H groups in total. The van der Waals surface area contributed by atoms with Crippen molar-refractivity contribution in [2.24, 2.45) is 5.41 Å². The quantitative estimate of drug-likeness (QED) is 0.696. The molecule has 0 aliphatic rings. The summed E-state index contributed by atoms with van der Waals surface area (Å²) in [5.74, 6) is -0.176. The number of amides is 1. The van der Waals surface area contributed by atoms with Crippen LogP contribution < -0.4 is 5.32 Å². The molecule has 0 bridgehead atoms. The van der Waals surface area contributed by atoms with Crippen molar-refractivity contribution in [3.8, 4) is 0 Å². The number of hydrogen-bond acceptors (Lipinski definition) is 3. The number of hydrogen-bond donors (Lipinski definition) is 2. The average molecular weight is 217 g/mol. The van der Waals surface area contributed by atoms with Gasteiger partial charge in [0.25, 0.3) is 0 Å². The second-order valence-corrected chi connectivity index (χ2v) is 4.86. The topological polar surface area (TPSA) is 58.6 Å². The molecule has 0 aromatic carbocycles. The first-order chi connectivity index (χ1) is 6.85. The summed E-state index contributed by atoms with van der Waals surface area (Å²) in [5.41, 5.74) is 0.0735. The number of nitrogens with one attached hydrogen (secondary N) is 1. The van der Waals surface area contributed by atoms with E-state index >= 15 is 0 Å². The molecule has 0 saturated carbocycles. The van der Waals surface area contributed by atoms with E-state index in [0.717, 1.165) is 0 Å². The highest BCUT2D eigenvalue weighted by Gasteiger charge is 2.16. The zero-order valence-electron chi connectivity index (χ0n) is 10.2. The van der Waals surface area contributed by atoms with Crippen LogP contribution in [0.25, 0.3) is 0 Å². The summed E-state index contributed by atoms with van der Waals surface area (Å²) in [7, 11) is 0. The fraction of sp³-hybridized carbons (Fsp3) is 0.909. The zero-order valence-corrected chi connectivity index (χ0v) is 10.2. The molecule has 0 heterocycles. The lowest BCUT2D eigenvalue weighted by molar-refractivity contribution is -0.126. The van der Waals surface area contributed by atoms with Gasteiger partial charge in [0.2, 0.25) is 5.91 Å². The van der Waals surface area contributed by atoms with E-state index in [0.29, 0.717) is 19.6 Å². The van der Waals surface area contributed by atoms with Gasteiger partial charge < -0.3 is 15.2 Å². The van der Waals surface area contributed by atoms with Crippen molar-refractivity contribution in [3.63, 3.8) is 0 Å². The third kappa shape index (κ3) is 9.69. The van der Waals surface area contributed by atoms with E-state index < -0.39 is 6.10 Å². The Hall–Kier alpha value is -0.610. The molecule has 1 amide bonds. The highest BCUT2D eigenvalue weighted by Crippen LogP contribution is 2.20. The molecule has 0 aromatic rings. The first-order valence-electron chi connectivity index (χ1n) is 5.37. The fourth-order valence-electron chi connectivity index (χ4n) is 1.26. The fourth-order valence-corrected chi connectivity index (χ4v) is 1.26. The van der Waals surface area contributed by atoms with Gasteiger partial charge in [0.1, 0.15) is 6.61 Å². The molecule has 15 heavy (non-hydrogen) atoms. The van der Waals surface area contributed by atoms with Crippen LogP contribution in [0.2, 0.25) is 0 Å². The van der Waals surface area contributed by atoms with E-state index in [1.165, 1.54) is 0 Å². The Bertz CT molecular complexity index is 187. The van der Waals surface area contributed by atoms with E-state index in [9.17, 15) is 9.90 Å². The molecule has 0 aliphatic heterocycles. The third-order valence-electron chi connectivity index (χ3n) is 1.82. The minimum absolute atomic E-state index is 0.0682. The van der Waals surface area contributed by atoms with Crippen molar-refractivity contribution in [3.05, 3.63) is 0 Å². The van der Waals surface area contributed by atoms with Crippen LogP contribution in [0.4, 0.5) is 0 Å². The van der Waals surface area contributed by atoms with Gasteiger partial charge in [0, 0.05) is 13.2 Å². The molecule has 0 spiro atoms. The molecule has 4 nitrogen and oxygen atoms in total. The van der Waals surface area contributed by atoms with Crippen molar-refractivity contribution in [2.45, 2.75) is 40.2 Å². The smallest absolute Gasteiger partial charge is 0.246 e. The van der Waals surface area contributed by atoms with Crippen LogP contribution in [0.3, 0.4) is 0 Å². The molecular weight excluding hydrogens is 194 g/mol. The van der Waals surface area contributed by atoms with Gasteiger partial charge in [-0.25, -0.2) is 0 Å². The number of carbonyl (C=O) groups is 1. The molecule has 0 aromatic heterocycles. The Morgan fingerprint density at radius 2 is 2.07 bits per heavy atom. The number of carbonyl (C=O) groups excluding carboxylic acids is 1. The average Bonchev–Trinajstić information content (AvgIpc) is 2.08. The van der Waals surface area contributed by atoms with Gasteiger partial charge in [0.15, 0.2) is 0 Å². The van der Waals surface area contributed by atoms with Gasteiger partial charge in [-0.15, -0.1) is 0 Å². The first kappa shape index (κ1) is 14.4.